The number of pyridine rings is 1. The van der Waals surface area contributed by atoms with Crippen molar-refractivity contribution in [1.82, 2.24) is 4.98 Å². The fourth-order valence-electron chi connectivity index (χ4n) is 1.02. The molecule has 15 heavy (non-hydrogen) atoms. The molecule has 2 aromatic rings. The van der Waals surface area contributed by atoms with E-state index in [0.29, 0.717) is 0 Å². The van der Waals surface area contributed by atoms with E-state index in [1.54, 1.807) is 12.4 Å². The van der Waals surface area contributed by atoms with Gasteiger partial charge in [-0.1, -0.05) is 43.0 Å². The maximum atomic E-state index is 3.85. The maximum absolute atomic E-state index is 3.85. The lowest BCUT2D eigenvalue weighted by Crippen LogP contribution is -1.68. The molecule has 0 saturated carbocycles. The lowest BCUT2D eigenvalue weighted by atomic mass is 10.2. The summed E-state index contributed by atoms with van der Waals surface area (Å²) in [5.74, 6) is 0. The van der Waals surface area contributed by atoms with Gasteiger partial charge in [0.25, 0.3) is 0 Å². The van der Waals surface area contributed by atoms with Gasteiger partial charge in [-0.3, -0.25) is 4.98 Å². The van der Waals surface area contributed by atoms with E-state index in [2.05, 4.69) is 11.6 Å². The minimum atomic E-state index is 1.17. The van der Waals surface area contributed by atoms with Crippen LogP contribution in [0, 0.1) is 6.92 Å². The van der Waals surface area contributed by atoms with E-state index in [4.69, 9.17) is 0 Å². The van der Waals surface area contributed by atoms with Gasteiger partial charge in [-0.15, -0.1) is 0 Å². The SMILES string of the molecule is C=Cc1ccccc1.Cc1ccncc1. The molecule has 0 aliphatic heterocycles. The molecule has 0 aliphatic rings. The van der Waals surface area contributed by atoms with Crippen molar-refractivity contribution < 1.29 is 0 Å². The van der Waals surface area contributed by atoms with Gasteiger partial charge in [-0.05, 0) is 30.2 Å². The predicted octanol–water partition coefficient (Wildman–Crippen LogP) is 3.72. The third-order valence-electron chi connectivity index (χ3n) is 1.88. The molecule has 2 rings (SSSR count). The first-order valence-corrected chi connectivity index (χ1v) is 4.87. The molecule has 76 valence electrons. The molecule has 1 aromatic carbocycles. The standard InChI is InChI=1S/C8H8.C6H7N/c1-2-8-6-4-3-5-7-8;1-6-2-4-7-5-3-6/h2-7H,1H2;2-5H,1H3. The number of aryl methyl sites for hydroxylation is 1. The molecule has 0 fully saturated rings. The Bertz CT molecular complexity index is 379. The Balaban J connectivity index is 0.000000151. The number of hydrogen-bond donors (Lipinski definition) is 0. The van der Waals surface area contributed by atoms with Gasteiger partial charge < -0.3 is 0 Å². The summed E-state index contributed by atoms with van der Waals surface area (Å²) in [7, 11) is 0. The van der Waals surface area contributed by atoms with Gasteiger partial charge in [0.15, 0.2) is 0 Å². The molecule has 1 nitrogen and oxygen atoms in total. The van der Waals surface area contributed by atoms with Gasteiger partial charge in [0.05, 0.1) is 0 Å². The fourth-order valence-corrected chi connectivity index (χ4v) is 1.02. The molecular formula is C14H15N. The largest absolute Gasteiger partial charge is 0.265 e. The maximum Gasteiger partial charge on any atom is 0.0270 e. The normalized spacial score (nSPS) is 8.60. The number of aromatic nitrogens is 1. The Hall–Kier alpha value is -1.89. The summed E-state index contributed by atoms with van der Waals surface area (Å²) in [6.07, 6.45) is 5.41. The molecule has 1 heteroatoms. The van der Waals surface area contributed by atoms with Gasteiger partial charge in [-0.25, -0.2) is 0 Å². The van der Waals surface area contributed by atoms with Crippen molar-refractivity contribution in [2.24, 2.45) is 0 Å². The fraction of sp³-hybridized carbons (Fsp3) is 0.0714. The average Bonchev–Trinajstić information content (AvgIpc) is 2.32. The zero-order valence-electron chi connectivity index (χ0n) is 8.93. The van der Waals surface area contributed by atoms with Crippen LogP contribution in [-0.2, 0) is 0 Å². The highest BCUT2D eigenvalue weighted by molar-refractivity contribution is 5.45. The third kappa shape index (κ3) is 4.77. The summed E-state index contributed by atoms with van der Waals surface area (Å²) in [6.45, 7) is 5.67. The van der Waals surface area contributed by atoms with Crippen LogP contribution in [0.2, 0.25) is 0 Å². The van der Waals surface area contributed by atoms with Crippen LogP contribution >= 0.6 is 0 Å². The molecule has 1 heterocycles. The molecule has 0 spiro atoms. The van der Waals surface area contributed by atoms with Gasteiger partial charge >= 0.3 is 0 Å². The number of benzene rings is 1. The Morgan fingerprint density at radius 1 is 1.00 bits per heavy atom. The zero-order chi connectivity index (χ0) is 10.9. The first-order valence-electron chi connectivity index (χ1n) is 4.87. The molecule has 0 saturated heterocycles. The Morgan fingerprint density at radius 3 is 1.93 bits per heavy atom. The molecule has 0 unspecified atom stereocenters. The van der Waals surface area contributed by atoms with Gasteiger partial charge in [0, 0.05) is 12.4 Å². The Kier molecular flexibility index (Phi) is 4.88. The highest BCUT2D eigenvalue weighted by Crippen LogP contribution is 1.97. The van der Waals surface area contributed by atoms with E-state index in [9.17, 15) is 0 Å². The van der Waals surface area contributed by atoms with Gasteiger partial charge in [-0.2, -0.15) is 0 Å². The second-order valence-corrected chi connectivity index (χ2v) is 3.14. The summed E-state index contributed by atoms with van der Waals surface area (Å²) >= 11 is 0. The highest BCUT2D eigenvalue weighted by Gasteiger charge is 1.75. The zero-order valence-corrected chi connectivity index (χ0v) is 8.93. The van der Waals surface area contributed by atoms with Crippen molar-refractivity contribution in [2.45, 2.75) is 6.92 Å². The second-order valence-electron chi connectivity index (χ2n) is 3.14. The van der Waals surface area contributed by atoms with E-state index < -0.39 is 0 Å². The molecule has 0 N–H and O–H groups in total. The second kappa shape index (κ2) is 6.55. The first kappa shape index (κ1) is 11.2. The van der Waals surface area contributed by atoms with Crippen LogP contribution in [0.1, 0.15) is 11.1 Å². The van der Waals surface area contributed by atoms with Gasteiger partial charge in [0.1, 0.15) is 0 Å². The first-order chi connectivity index (χ1) is 7.33. The summed E-state index contributed by atoms with van der Waals surface area (Å²) in [6, 6.07) is 14.0. The predicted molar refractivity (Wildman–Crippen MR) is 65.5 cm³/mol. The summed E-state index contributed by atoms with van der Waals surface area (Å²) in [5, 5.41) is 0. The molecule has 0 aliphatic carbocycles. The smallest absolute Gasteiger partial charge is 0.0270 e. The minimum Gasteiger partial charge on any atom is -0.265 e. The molecular weight excluding hydrogens is 182 g/mol. The highest BCUT2D eigenvalue weighted by atomic mass is 14.6. The Morgan fingerprint density at radius 2 is 1.60 bits per heavy atom. The van der Waals surface area contributed by atoms with Crippen LogP contribution in [0.15, 0.2) is 61.4 Å². The molecule has 0 bridgehead atoms. The summed E-state index contributed by atoms with van der Waals surface area (Å²) < 4.78 is 0. The number of nitrogens with zero attached hydrogens (tertiary/aromatic N) is 1. The third-order valence-corrected chi connectivity index (χ3v) is 1.88. The van der Waals surface area contributed by atoms with Crippen LogP contribution in [-0.4, -0.2) is 4.98 Å². The van der Waals surface area contributed by atoms with Crippen molar-refractivity contribution in [1.29, 1.82) is 0 Å². The Labute approximate surface area is 91.1 Å². The van der Waals surface area contributed by atoms with E-state index in [1.807, 2.05) is 55.5 Å². The van der Waals surface area contributed by atoms with E-state index in [-0.39, 0.29) is 0 Å². The molecule has 0 atom stereocenters. The van der Waals surface area contributed by atoms with Crippen LogP contribution in [0.5, 0.6) is 0 Å². The monoisotopic (exact) mass is 197 g/mol. The summed E-state index contributed by atoms with van der Waals surface area (Å²) in [5.41, 5.74) is 2.43. The quantitative estimate of drug-likeness (QED) is 0.679. The van der Waals surface area contributed by atoms with Crippen molar-refractivity contribution >= 4 is 6.08 Å². The number of hydrogen-bond acceptors (Lipinski definition) is 1. The van der Waals surface area contributed by atoms with Crippen molar-refractivity contribution in [2.75, 3.05) is 0 Å². The minimum absolute atomic E-state index is 1.17. The average molecular weight is 197 g/mol. The lowest BCUT2D eigenvalue weighted by Gasteiger charge is -1.85. The molecule has 1 aromatic heterocycles. The van der Waals surface area contributed by atoms with Crippen molar-refractivity contribution in [3.8, 4) is 0 Å². The number of rotatable bonds is 1. The van der Waals surface area contributed by atoms with Crippen LogP contribution in [0.3, 0.4) is 0 Å². The van der Waals surface area contributed by atoms with E-state index in [1.165, 1.54) is 11.1 Å². The van der Waals surface area contributed by atoms with Crippen molar-refractivity contribution in [3.63, 3.8) is 0 Å². The van der Waals surface area contributed by atoms with Crippen molar-refractivity contribution in [3.05, 3.63) is 72.6 Å². The van der Waals surface area contributed by atoms with Crippen LogP contribution < -0.4 is 0 Å². The molecule has 0 radical (unpaired) electrons. The van der Waals surface area contributed by atoms with E-state index >= 15 is 0 Å². The molecule has 0 amide bonds. The van der Waals surface area contributed by atoms with Gasteiger partial charge in [0.2, 0.25) is 0 Å². The van der Waals surface area contributed by atoms with Crippen LogP contribution in [0.25, 0.3) is 6.08 Å². The summed E-state index contributed by atoms with van der Waals surface area (Å²) in [4.78, 5) is 3.85. The van der Waals surface area contributed by atoms with Crippen LogP contribution in [0.4, 0.5) is 0 Å². The lowest BCUT2D eigenvalue weighted by molar-refractivity contribution is 1.29. The van der Waals surface area contributed by atoms with E-state index in [0.717, 1.165) is 0 Å². The topological polar surface area (TPSA) is 12.9 Å².